The lowest BCUT2D eigenvalue weighted by Crippen LogP contribution is -2.04. The van der Waals surface area contributed by atoms with E-state index in [0.29, 0.717) is 6.54 Å². The summed E-state index contributed by atoms with van der Waals surface area (Å²) in [4.78, 5) is 0. The molecule has 1 aromatic rings. The van der Waals surface area contributed by atoms with Gasteiger partial charge in [0, 0.05) is 19.8 Å². The Morgan fingerprint density at radius 3 is 2.06 bits per heavy atom. The van der Waals surface area contributed by atoms with Gasteiger partial charge in [-0.05, 0) is 14.1 Å². The second-order valence-corrected chi connectivity index (χ2v) is 2.65. The topological polar surface area (TPSA) is 54.8 Å². The average molecular weight is 257 g/mol. The van der Waals surface area contributed by atoms with Crippen molar-refractivity contribution in [2.75, 3.05) is 20.6 Å². The van der Waals surface area contributed by atoms with Gasteiger partial charge >= 0.3 is 0 Å². The largest absolute Gasteiger partial charge is 0.314 e. The highest BCUT2D eigenvalue weighted by molar-refractivity contribution is 4.90. The Morgan fingerprint density at radius 1 is 1.28 bits per heavy atom. The Balaban J connectivity index is -0.0000000959. The van der Waals surface area contributed by atoms with Crippen LogP contribution >= 0.6 is 0 Å². The number of hydrogen-bond acceptors (Lipinski definition) is 4. The summed E-state index contributed by atoms with van der Waals surface area (Å²) in [6.45, 7) is 5.45. The molecular weight excluding hydrogens is 226 g/mol. The van der Waals surface area contributed by atoms with Crippen LogP contribution in [0.15, 0.2) is 6.20 Å². The predicted molar refractivity (Wildman–Crippen MR) is 81.3 cm³/mol. The molecule has 0 radical (unpaired) electrons. The van der Waals surface area contributed by atoms with Crippen molar-refractivity contribution in [3.05, 3.63) is 11.9 Å². The van der Waals surface area contributed by atoms with Crippen molar-refractivity contribution in [3.63, 3.8) is 0 Å². The molecule has 5 heteroatoms. The first-order valence-electron chi connectivity index (χ1n) is 5.32. The third-order valence-electron chi connectivity index (χ3n) is 1.29. The third kappa shape index (κ3) is 17.0. The maximum absolute atomic E-state index is 4.83. The van der Waals surface area contributed by atoms with E-state index in [1.807, 2.05) is 41.2 Å². The molecule has 0 saturated carbocycles. The van der Waals surface area contributed by atoms with Crippen LogP contribution in [0.2, 0.25) is 0 Å². The van der Waals surface area contributed by atoms with Gasteiger partial charge in [0.15, 0.2) is 0 Å². The van der Waals surface area contributed by atoms with Gasteiger partial charge in [-0.25, -0.2) is 0 Å². The van der Waals surface area contributed by atoms with Gasteiger partial charge in [-0.2, -0.15) is 0 Å². The van der Waals surface area contributed by atoms with Crippen LogP contribution < -0.4 is 10.6 Å². The van der Waals surface area contributed by atoms with Gasteiger partial charge in [-0.15, -0.1) is 11.5 Å². The minimum Gasteiger partial charge on any atom is -0.314 e. The molecule has 0 aromatic carbocycles. The van der Waals surface area contributed by atoms with Gasteiger partial charge in [0.1, 0.15) is 0 Å². The summed E-state index contributed by atoms with van der Waals surface area (Å²) < 4.78 is 1.69. The summed E-state index contributed by atoms with van der Waals surface area (Å²) in [6, 6.07) is 0. The van der Waals surface area contributed by atoms with Crippen LogP contribution in [-0.4, -0.2) is 35.6 Å². The van der Waals surface area contributed by atoms with Crippen molar-refractivity contribution in [2.45, 2.75) is 35.2 Å². The number of terminal acetylenes is 1. The van der Waals surface area contributed by atoms with E-state index in [4.69, 9.17) is 6.42 Å². The third-order valence-corrected chi connectivity index (χ3v) is 1.29. The van der Waals surface area contributed by atoms with Gasteiger partial charge in [0.05, 0.1) is 12.2 Å². The fourth-order valence-electron chi connectivity index (χ4n) is 0.759. The zero-order chi connectivity index (χ0) is 12.8. The number of hydrogen-bond donors (Lipinski definition) is 2. The van der Waals surface area contributed by atoms with Gasteiger partial charge in [-0.3, -0.25) is 4.68 Å². The lowest BCUT2D eigenvalue weighted by atomic mass is 10.5. The zero-order valence-corrected chi connectivity index (χ0v) is 10.9. The van der Waals surface area contributed by atoms with Crippen LogP contribution in [0.4, 0.5) is 0 Å². The summed E-state index contributed by atoms with van der Waals surface area (Å²) in [5, 5.41) is 13.4. The smallest absolute Gasteiger partial charge is 0.0964 e. The molecule has 108 valence electrons. The first-order chi connectivity index (χ1) is 7.74. The van der Waals surface area contributed by atoms with Gasteiger partial charge in [0.2, 0.25) is 0 Å². The molecule has 0 aliphatic heterocycles. The lowest BCUT2D eigenvalue weighted by molar-refractivity contribution is 0.710. The molecule has 2 N–H and O–H groups in total. The molecule has 0 amide bonds. The fourth-order valence-corrected chi connectivity index (χ4v) is 0.759. The van der Waals surface area contributed by atoms with Gasteiger partial charge in [-0.1, -0.05) is 39.8 Å². The SMILES string of the molecule is C.C.C#CCNC.CC.CNCc1cn(C)nn1. The van der Waals surface area contributed by atoms with E-state index >= 15 is 0 Å². The molecule has 0 atom stereocenters. The monoisotopic (exact) mass is 257 g/mol. The summed E-state index contributed by atoms with van der Waals surface area (Å²) in [5.41, 5.74) is 0.972. The minimum absolute atomic E-state index is 0. The summed E-state index contributed by atoms with van der Waals surface area (Å²) >= 11 is 0. The molecule has 1 heterocycles. The predicted octanol–water partition coefficient (Wildman–Crippen LogP) is 1.67. The Bertz CT molecular complexity index is 275. The van der Waals surface area contributed by atoms with E-state index in [1.165, 1.54) is 0 Å². The molecular formula is C13H31N5. The zero-order valence-electron chi connectivity index (χ0n) is 10.9. The molecule has 5 nitrogen and oxygen atoms in total. The van der Waals surface area contributed by atoms with Crippen LogP contribution in [0.5, 0.6) is 0 Å². The first-order valence-corrected chi connectivity index (χ1v) is 5.32. The van der Waals surface area contributed by atoms with Crippen molar-refractivity contribution >= 4 is 0 Å². The van der Waals surface area contributed by atoms with Crippen molar-refractivity contribution in [1.82, 2.24) is 25.6 Å². The molecule has 18 heavy (non-hydrogen) atoms. The van der Waals surface area contributed by atoms with Crippen LogP contribution in [0, 0.1) is 12.3 Å². The number of nitrogens with one attached hydrogen (secondary N) is 2. The molecule has 1 rings (SSSR count). The van der Waals surface area contributed by atoms with E-state index in [9.17, 15) is 0 Å². The van der Waals surface area contributed by atoms with Gasteiger partial charge in [0.25, 0.3) is 0 Å². The summed E-state index contributed by atoms with van der Waals surface area (Å²) in [5.74, 6) is 2.41. The highest BCUT2D eigenvalue weighted by atomic mass is 15.4. The normalized spacial score (nSPS) is 7.11. The second kappa shape index (κ2) is 21.0. The quantitative estimate of drug-likeness (QED) is 0.809. The number of rotatable bonds is 3. The van der Waals surface area contributed by atoms with Crippen LogP contribution in [0.3, 0.4) is 0 Å². The van der Waals surface area contributed by atoms with E-state index in [0.717, 1.165) is 12.2 Å². The van der Waals surface area contributed by atoms with E-state index in [1.54, 1.807) is 4.68 Å². The van der Waals surface area contributed by atoms with Crippen LogP contribution in [-0.2, 0) is 13.6 Å². The standard InChI is InChI=1S/C5H10N4.C4H7N.C2H6.2CH4/c1-6-3-5-4-9(2)8-7-5;1-3-4-5-2;1-2;;/h4,6H,3H2,1-2H3;1,5H,4H2,2H3;1-2H3;2*1H4. The molecule has 0 saturated heterocycles. The number of nitrogens with zero attached hydrogens (tertiary/aromatic N) is 3. The molecule has 1 aromatic heterocycles. The molecule has 0 aliphatic carbocycles. The maximum Gasteiger partial charge on any atom is 0.0964 e. The molecule has 0 aliphatic rings. The summed E-state index contributed by atoms with van der Waals surface area (Å²) in [6.07, 6.45) is 6.71. The molecule has 0 unspecified atom stereocenters. The van der Waals surface area contributed by atoms with Gasteiger partial charge < -0.3 is 10.6 Å². The lowest BCUT2D eigenvalue weighted by Gasteiger charge is -1.87. The Labute approximate surface area is 113 Å². The average Bonchev–Trinajstić information content (AvgIpc) is 2.70. The first kappa shape index (κ1) is 25.5. The van der Waals surface area contributed by atoms with Crippen molar-refractivity contribution < 1.29 is 0 Å². The molecule has 0 bridgehead atoms. The summed E-state index contributed by atoms with van der Waals surface area (Å²) in [7, 11) is 5.56. The van der Waals surface area contributed by atoms with E-state index in [-0.39, 0.29) is 14.9 Å². The minimum atomic E-state index is 0. The van der Waals surface area contributed by atoms with E-state index in [2.05, 4.69) is 26.9 Å². The maximum atomic E-state index is 4.83. The van der Waals surface area contributed by atoms with E-state index < -0.39 is 0 Å². The molecule has 0 spiro atoms. The fraction of sp³-hybridized carbons (Fsp3) is 0.692. The van der Waals surface area contributed by atoms with Crippen molar-refractivity contribution in [3.8, 4) is 12.3 Å². The van der Waals surface area contributed by atoms with Crippen molar-refractivity contribution in [1.29, 1.82) is 0 Å². The molecule has 0 fully saturated rings. The highest BCUT2D eigenvalue weighted by Crippen LogP contribution is 1.87. The second-order valence-electron chi connectivity index (χ2n) is 2.65. The van der Waals surface area contributed by atoms with Crippen molar-refractivity contribution in [2.24, 2.45) is 7.05 Å². The Hall–Kier alpha value is -1.38. The Kier molecular flexibility index (Phi) is 29.7. The Morgan fingerprint density at radius 2 is 1.83 bits per heavy atom. The number of aromatic nitrogens is 3. The van der Waals surface area contributed by atoms with Crippen LogP contribution in [0.1, 0.15) is 34.4 Å². The van der Waals surface area contributed by atoms with Crippen LogP contribution in [0.25, 0.3) is 0 Å². The number of aryl methyl sites for hydroxylation is 1. The highest BCUT2D eigenvalue weighted by Gasteiger charge is 1.92.